The highest BCUT2D eigenvalue weighted by Crippen LogP contribution is 2.22. The SMILES string of the molecule is C[C@@H](OC(=O)CNC(=O)c1ccc(Cl)c(Cl)c1)C(=O)N1CCCC1. The molecule has 130 valence electrons. The Morgan fingerprint density at radius 2 is 1.88 bits per heavy atom. The van der Waals surface area contributed by atoms with Gasteiger partial charge in [0.1, 0.15) is 6.54 Å². The number of nitrogens with one attached hydrogen (secondary N) is 1. The van der Waals surface area contributed by atoms with Crippen molar-refractivity contribution in [1.82, 2.24) is 10.2 Å². The molecule has 1 fully saturated rings. The Morgan fingerprint density at radius 3 is 2.50 bits per heavy atom. The first kappa shape index (κ1) is 18.5. The lowest BCUT2D eigenvalue weighted by Crippen LogP contribution is -2.40. The molecule has 1 atom stereocenters. The number of halogens is 2. The summed E-state index contributed by atoms with van der Waals surface area (Å²) in [6, 6.07) is 4.40. The largest absolute Gasteiger partial charge is 0.451 e. The van der Waals surface area contributed by atoms with Crippen LogP contribution in [0.2, 0.25) is 10.0 Å². The highest BCUT2D eigenvalue weighted by atomic mass is 35.5. The maximum atomic E-state index is 12.0. The first-order valence-electron chi connectivity index (χ1n) is 7.60. The molecule has 1 aromatic carbocycles. The molecule has 8 heteroatoms. The Labute approximate surface area is 150 Å². The van der Waals surface area contributed by atoms with Gasteiger partial charge in [-0.3, -0.25) is 14.4 Å². The van der Waals surface area contributed by atoms with Crippen molar-refractivity contribution < 1.29 is 19.1 Å². The normalized spacial score (nSPS) is 15.0. The van der Waals surface area contributed by atoms with Crippen molar-refractivity contribution >= 4 is 41.0 Å². The highest BCUT2D eigenvalue weighted by molar-refractivity contribution is 6.42. The van der Waals surface area contributed by atoms with Crippen LogP contribution < -0.4 is 5.32 Å². The summed E-state index contributed by atoms with van der Waals surface area (Å²) in [5.41, 5.74) is 0.276. The molecule has 0 bridgehead atoms. The number of nitrogens with zero attached hydrogens (tertiary/aromatic N) is 1. The van der Waals surface area contributed by atoms with Crippen molar-refractivity contribution in [2.24, 2.45) is 0 Å². The van der Waals surface area contributed by atoms with E-state index >= 15 is 0 Å². The van der Waals surface area contributed by atoms with Crippen LogP contribution in [0, 0.1) is 0 Å². The van der Waals surface area contributed by atoms with Crippen molar-refractivity contribution in [1.29, 1.82) is 0 Å². The minimum Gasteiger partial charge on any atom is -0.451 e. The van der Waals surface area contributed by atoms with Gasteiger partial charge in [-0.25, -0.2) is 0 Å². The topological polar surface area (TPSA) is 75.7 Å². The van der Waals surface area contributed by atoms with Crippen molar-refractivity contribution in [2.75, 3.05) is 19.6 Å². The first-order chi connectivity index (χ1) is 11.4. The molecule has 1 aliphatic heterocycles. The minimum absolute atomic E-state index is 0.211. The molecular weight excluding hydrogens is 355 g/mol. The maximum Gasteiger partial charge on any atom is 0.326 e. The van der Waals surface area contributed by atoms with Crippen LogP contribution in [-0.4, -0.2) is 48.4 Å². The van der Waals surface area contributed by atoms with E-state index in [2.05, 4.69) is 5.32 Å². The fourth-order valence-corrected chi connectivity index (χ4v) is 2.67. The molecule has 1 N–H and O–H groups in total. The van der Waals surface area contributed by atoms with Crippen LogP contribution in [0.3, 0.4) is 0 Å². The number of benzene rings is 1. The van der Waals surface area contributed by atoms with E-state index in [0.717, 1.165) is 12.8 Å². The Bertz CT molecular complexity index is 645. The van der Waals surface area contributed by atoms with Crippen molar-refractivity contribution in [3.8, 4) is 0 Å². The molecule has 0 unspecified atom stereocenters. The summed E-state index contributed by atoms with van der Waals surface area (Å²) in [7, 11) is 0. The van der Waals surface area contributed by atoms with E-state index in [4.69, 9.17) is 27.9 Å². The van der Waals surface area contributed by atoms with E-state index in [1.165, 1.54) is 25.1 Å². The van der Waals surface area contributed by atoms with Gasteiger partial charge in [0.15, 0.2) is 6.10 Å². The second-order valence-corrected chi connectivity index (χ2v) is 6.29. The van der Waals surface area contributed by atoms with Gasteiger partial charge in [-0.2, -0.15) is 0 Å². The van der Waals surface area contributed by atoms with Crippen LogP contribution >= 0.6 is 23.2 Å². The van der Waals surface area contributed by atoms with Crippen molar-refractivity contribution in [3.05, 3.63) is 33.8 Å². The molecule has 6 nitrogen and oxygen atoms in total. The number of amides is 2. The summed E-state index contributed by atoms with van der Waals surface area (Å²) in [6.45, 7) is 2.57. The number of likely N-dealkylation sites (tertiary alicyclic amines) is 1. The van der Waals surface area contributed by atoms with E-state index in [1.807, 2.05) is 0 Å². The average molecular weight is 373 g/mol. The van der Waals surface area contributed by atoms with Crippen LogP contribution in [-0.2, 0) is 14.3 Å². The number of hydrogen-bond acceptors (Lipinski definition) is 4. The molecule has 1 heterocycles. The Morgan fingerprint density at radius 1 is 1.21 bits per heavy atom. The molecule has 0 aromatic heterocycles. The Kier molecular flexibility index (Phi) is 6.45. The van der Waals surface area contributed by atoms with Crippen LogP contribution in [0.5, 0.6) is 0 Å². The molecular formula is C16H18Cl2N2O4. The van der Waals surface area contributed by atoms with E-state index in [1.54, 1.807) is 4.90 Å². The molecule has 0 radical (unpaired) electrons. The lowest BCUT2D eigenvalue weighted by atomic mass is 10.2. The van der Waals surface area contributed by atoms with Gasteiger partial charge in [-0.1, -0.05) is 23.2 Å². The molecule has 0 saturated carbocycles. The van der Waals surface area contributed by atoms with Gasteiger partial charge in [0.05, 0.1) is 10.0 Å². The first-order valence-corrected chi connectivity index (χ1v) is 8.35. The summed E-state index contributed by atoms with van der Waals surface area (Å²) in [6.07, 6.45) is 1.07. The van der Waals surface area contributed by atoms with Crippen LogP contribution in [0.25, 0.3) is 0 Å². The molecule has 0 aliphatic carbocycles. The second kappa shape index (κ2) is 8.35. The fourth-order valence-electron chi connectivity index (χ4n) is 2.38. The molecule has 2 amide bonds. The minimum atomic E-state index is -0.863. The summed E-state index contributed by atoms with van der Waals surface area (Å²) < 4.78 is 5.06. The number of rotatable bonds is 5. The monoisotopic (exact) mass is 372 g/mol. The standard InChI is InChI=1S/C16H18Cl2N2O4/c1-10(16(23)20-6-2-3-7-20)24-14(21)9-19-15(22)11-4-5-12(17)13(18)8-11/h4-5,8,10H,2-3,6-7,9H2,1H3,(H,19,22)/t10-/m1/s1. The third-order valence-electron chi connectivity index (χ3n) is 3.65. The number of carbonyl (C=O) groups excluding carboxylic acids is 3. The Hall–Kier alpha value is -1.79. The summed E-state index contributed by atoms with van der Waals surface area (Å²) >= 11 is 11.6. The van der Waals surface area contributed by atoms with Crippen LogP contribution in [0.4, 0.5) is 0 Å². The molecule has 1 aliphatic rings. The van der Waals surface area contributed by atoms with Gasteiger partial charge >= 0.3 is 5.97 Å². The quantitative estimate of drug-likeness (QED) is 0.804. The van der Waals surface area contributed by atoms with E-state index in [0.29, 0.717) is 18.1 Å². The molecule has 1 aromatic rings. The summed E-state index contributed by atoms with van der Waals surface area (Å²) in [5, 5.41) is 3.00. The average Bonchev–Trinajstić information content (AvgIpc) is 3.08. The van der Waals surface area contributed by atoms with Gasteiger partial charge in [-0.05, 0) is 38.0 Å². The number of hydrogen-bond donors (Lipinski definition) is 1. The second-order valence-electron chi connectivity index (χ2n) is 5.48. The molecule has 0 spiro atoms. The Balaban J connectivity index is 1.80. The zero-order valence-corrected chi connectivity index (χ0v) is 14.7. The fraction of sp³-hybridized carbons (Fsp3) is 0.438. The smallest absolute Gasteiger partial charge is 0.326 e. The van der Waals surface area contributed by atoms with Gasteiger partial charge < -0.3 is 15.0 Å². The van der Waals surface area contributed by atoms with Gasteiger partial charge in [0.2, 0.25) is 0 Å². The lowest BCUT2D eigenvalue weighted by molar-refractivity contribution is -0.157. The van der Waals surface area contributed by atoms with Gasteiger partial charge in [0, 0.05) is 18.7 Å². The number of ether oxygens (including phenoxy) is 1. The van der Waals surface area contributed by atoms with Crippen molar-refractivity contribution in [2.45, 2.75) is 25.9 Å². The summed E-state index contributed by atoms with van der Waals surface area (Å²) in [4.78, 5) is 37.4. The van der Waals surface area contributed by atoms with Crippen LogP contribution in [0.15, 0.2) is 18.2 Å². The van der Waals surface area contributed by atoms with Crippen molar-refractivity contribution in [3.63, 3.8) is 0 Å². The van der Waals surface area contributed by atoms with Crippen LogP contribution in [0.1, 0.15) is 30.1 Å². The zero-order valence-electron chi connectivity index (χ0n) is 13.2. The van der Waals surface area contributed by atoms with Gasteiger partial charge in [0.25, 0.3) is 11.8 Å². The van der Waals surface area contributed by atoms with Gasteiger partial charge in [-0.15, -0.1) is 0 Å². The van der Waals surface area contributed by atoms with E-state index in [9.17, 15) is 14.4 Å². The van der Waals surface area contributed by atoms with E-state index < -0.39 is 18.0 Å². The number of carbonyl (C=O) groups is 3. The molecule has 1 saturated heterocycles. The zero-order chi connectivity index (χ0) is 17.7. The lowest BCUT2D eigenvalue weighted by Gasteiger charge is -2.20. The molecule has 2 rings (SSSR count). The maximum absolute atomic E-state index is 12.0. The third-order valence-corrected chi connectivity index (χ3v) is 4.39. The predicted molar refractivity (Wildman–Crippen MR) is 90.2 cm³/mol. The predicted octanol–water partition coefficient (Wildman–Crippen LogP) is 2.28. The van der Waals surface area contributed by atoms with E-state index in [-0.39, 0.29) is 23.0 Å². The summed E-state index contributed by atoms with van der Waals surface area (Å²) in [5.74, 6) is -1.37. The number of esters is 1. The third kappa shape index (κ3) is 4.85. The highest BCUT2D eigenvalue weighted by Gasteiger charge is 2.25. The molecule has 24 heavy (non-hydrogen) atoms.